The number of rotatable bonds is 36. The van der Waals surface area contributed by atoms with Crippen LogP contribution >= 0.6 is 0 Å². The van der Waals surface area contributed by atoms with Crippen molar-refractivity contribution in [3.63, 3.8) is 0 Å². The molecule has 44 heavy (non-hydrogen) atoms. The van der Waals surface area contributed by atoms with E-state index in [4.69, 9.17) is 10.2 Å². The fraction of sp³-hybridized carbons (Fsp3) is 0.846. The fourth-order valence-electron chi connectivity index (χ4n) is 5.92. The minimum atomic E-state index is -0.675. The first kappa shape index (κ1) is 42.4. The molecule has 0 aromatic heterocycles. The average Bonchev–Trinajstić information content (AvgIpc) is 3.00. The van der Waals surface area contributed by atoms with Crippen LogP contribution in [0.2, 0.25) is 0 Å². The summed E-state index contributed by atoms with van der Waals surface area (Å²) in [6, 6.07) is 0. The van der Waals surface area contributed by atoms with Gasteiger partial charge < -0.3 is 15.3 Å². The zero-order valence-corrected chi connectivity index (χ0v) is 28.7. The Morgan fingerprint density at radius 3 is 0.909 bits per heavy atom. The van der Waals surface area contributed by atoms with Crippen molar-refractivity contribution in [2.24, 2.45) is 5.92 Å². The molecule has 5 heteroatoms. The average molecular weight is 621 g/mol. The maximum atomic E-state index is 10.5. The second-order valence-corrected chi connectivity index (χ2v) is 13.1. The number of aliphatic hydroxyl groups excluding tert-OH is 1. The van der Waals surface area contributed by atoms with Gasteiger partial charge in [0, 0.05) is 19.4 Å². The van der Waals surface area contributed by atoms with E-state index >= 15 is 0 Å². The van der Waals surface area contributed by atoms with Gasteiger partial charge in [0.15, 0.2) is 0 Å². The molecular formula is C39H72O5. The lowest BCUT2D eigenvalue weighted by Crippen LogP contribution is -2.06. The van der Waals surface area contributed by atoms with Crippen LogP contribution in [0, 0.1) is 5.92 Å². The Morgan fingerprint density at radius 2 is 0.636 bits per heavy atom. The van der Waals surface area contributed by atoms with Crippen LogP contribution in [0.1, 0.15) is 199 Å². The first-order valence-corrected chi connectivity index (χ1v) is 18.9. The van der Waals surface area contributed by atoms with Gasteiger partial charge >= 0.3 is 11.9 Å². The molecule has 0 rings (SSSR count). The normalized spacial score (nSPS) is 12.5. The topological polar surface area (TPSA) is 94.8 Å². The van der Waals surface area contributed by atoms with Crippen molar-refractivity contribution in [1.82, 2.24) is 0 Å². The van der Waals surface area contributed by atoms with Gasteiger partial charge in [0.1, 0.15) is 0 Å². The van der Waals surface area contributed by atoms with Crippen LogP contribution in [0.3, 0.4) is 0 Å². The molecule has 0 aromatic carbocycles. The van der Waals surface area contributed by atoms with Crippen LogP contribution in [0.15, 0.2) is 24.3 Å². The van der Waals surface area contributed by atoms with E-state index in [1.807, 2.05) is 0 Å². The largest absolute Gasteiger partial charge is 0.481 e. The second-order valence-electron chi connectivity index (χ2n) is 13.1. The van der Waals surface area contributed by atoms with Gasteiger partial charge in [-0.2, -0.15) is 0 Å². The molecule has 1 unspecified atom stereocenters. The van der Waals surface area contributed by atoms with E-state index in [1.54, 1.807) is 0 Å². The molecule has 0 aromatic rings. The van der Waals surface area contributed by atoms with Crippen molar-refractivity contribution in [1.29, 1.82) is 0 Å². The van der Waals surface area contributed by atoms with Gasteiger partial charge in [0.25, 0.3) is 0 Å². The van der Waals surface area contributed by atoms with Gasteiger partial charge in [-0.05, 0) is 83.0 Å². The number of unbranched alkanes of at least 4 members (excludes halogenated alkanes) is 23. The highest BCUT2D eigenvalue weighted by molar-refractivity contribution is 5.66. The summed E-state index contributed by atoms with van der Waals surface area (Å²) in [7, 11) is 0. The van der Waals surface area contributed by atoms with Crippen LogP contribution in [0.25, 0.3) is 0 Å². The van der Waals surface area contributed by atoms with E-state index in [0.717, 1.165) is 51.4 Å². The number of carboxylic acid groups (broad SMARTS) is 2. The second kappa shape index (κ2) is 35.9. The predicted molar refractivity (Wildman–Crippen MR) is 187 cm³/mol. The molecule has 1 atom stereocenters. The molecule has 0 saturated heterocycles. The summed E-state index contributed by atoms with van der Waals surface area (Å²) in [4.78, 5) is 21.0. The quantitative estimate of drug-likeness (QED) is 0.0478. The Morgan fingerprint density at radius 1 is 0.386 bits per heavy atom. The third kappa shape index (κ3) is 36.6. The van der Waals surface area contributed by atoms with Gasteiger partial charge in [0.2, 0.25) is 0 Å². The van der Waals surface area contributed by atoms with Crippen LogP contribution in [0.4, 0.5) is 0 Å². The molecule has 5 nitrogen and oxygen atoms in total. The highest BCUT2D eigenvalue weighted by atomic mass is 16.4. The first-order valence-electron chi connectivity index (χ1n) is 18.9. The standard InChI is InChI=1S/C39H72O5/c40-36-37(33-29-25-21-17-13-9-5-3-7-11-15-19-23-27-31-35-39(43)44)32-28-24-20-16-12-8-4-1-2-6-10-14-18-22-26-30-34-38(41)42/h2-3,6-7,37,40H,1,4-5,8-36H2,(H,41,42)(H,43,44)/b6-2-,7-3-. The Balaban J connectivity index is 3.35. The number of hydrogen-bond acceptors (Lipinski definition) is 3. The summed E-state index contributed by atoms with van der Waals surface area (Å²) >= 11 is 0. The maximum absolute atomic E-state index is 10.5. The molecule has 0 radical (unpaired) electrons. The summed E-state index contributed by atoms with van der Waals surface area (Å²) < 4.78 is 0. The van der Waals surface area contributed by atoms with Crippen molar-refractivity contribution >= 4 is 11.9 Å². The van der Waals surface area contributed by atoms with Crippen LogP contribution < -0.4 is 0 Å². The number of aliphatic carboxylic acids is 2. The lowest BCUT2D eigenvalue weighted by Gasteiger charge is -2.13. The molecular weight excluding hydrogens is 548 g/mol. The van der Waals surface area contributed by atoms with E-state index in [-0.39, 0.29) is 0 Å². The van der Waals surface area contributed by atoms with E-state index in [0.29, 0.717) is 25.4 Å². The van der Waals surface area contributed by atoms with Gasteiger partial charge in [-0.25, -0.2) is 0 Å². The third-order valence-electron chi connectivity index (χ3n) is 8.83. The van der Waals surface area contributed by atoms with Gasteiger partial charge in [-0.15, -0.1) is 0 Å². The van der Waals surface area contributed by atoms with E-state index < -0.39 is 11.9 Å². The number of carboxylic acids is 2. The highest BCUT2D eigenvalue weighted by Gasteiger charge is 2.07. The van der Waals surface area contributed by atoms with E-state index in [9.17, 15) is 14.7 Å². The fourth-order valence-corrected chi connectivity index (χ4v) is 5.92. The summed E-state index contributed by atoms with van der Waals surface area (Å²) in [5.74, 6) is -0.840. The molecule has 0 aliphatic heterocycles. The minimum absolute atomic E-state index is 0.314. The molecule has 0 heterocycles. The zero-order chi connectivity index (χ0) is 32.2. The summed E-state index contributed by atoms with van der Waals surface area (Å²) in [5.41, 5.74) is 0. The van der Waals surface area contributed by atoms with Gasteiger partial charge in [-0.1, -0.05) is 133 Å². The van der Waals surface area contributed by atoms with Crippen LogP contribution in [0.5, 0.6) is 0 Å². The summed E-state index contributed by atoms with van der Waals surface area (Å²) in [6.45, 7) is 0.358. The molecule has 0 saturated carbocycles. The maximum Gasteiger partial charge on any atom is 0.303 e. The van der Waals surface area contributed by atoms with Crippen LogP contribution in [-0.4, -0.2) is 33.9 Å². The molecule has 0 amide bonds. The molecule has 0 aliphatic carbocycles. The van der Waals surface area contributed by atoms with E-state index in [2.05, 4.69) is 24.3 Å². The molecule has 0 fully saturated rings. The SMILES string of the molecule is O=C(O)CCCCCCC/C=C\CCCCCCCCCC(CO)CCCCCCCC/C=C\CCCCCCCC(=O)O. The predicted octanol–water partition coefficient (Wildman–Crippen LogP) is 12.0. The molecule has 3 N–H and O–H groups in total. The monoisotopic (exact) mass is 621 g/mol. The summed E-state index contributed by atoms with van der Waals surface area (Å²) in [6.07, 6.45) is 45.1. The number of hydrogen-bond donors (Lipinski definition) is 3. The van der Waals surface area contributed by atoms with Crippen molar-refractivity contribution in [3.8, 4) is 0 Å². The third-order valence-corrected chi connectivity index (χ3v) is 8.83. The number of aliphatic hydroxyl groups is 1. The molecule has 258 valence electrons. The van der Waals surface area contributed by atoms with Crippen molar-refractivity contribution in [2.75, 3.05) is 6.61 Å². The number of carbonyl (C=O) groups is 2. The first-order chi connectivity index (χ1) is 21.6. The molecule has 0 aliphatic rings. The molecule has 0 spiro atoms. The van der Waals surface area contributed by atoms with Gasteiger partial charge in [-0.3, -0.25) is 9.59 Å². The summed E-state index contributed by atoms with van der Waals surface area (Å²) in [5, 5.41) is 27.0. The minimum Gasteiger partial charge on any atom is -0.481 e. The van der Waals surface area contributed by atoms with Crippen molar-refractivity contribution < 1.29 is 24.9 Å². The lowest BCUT2D eigenvalue weighted by molar-refractivity contribution is -0.138. The zero-order valence-electron chi connectivity index (χ0n) is 28.7. The molecule has 0 bridgehead atoms. The Labute approximate surface area is 272 Å². The smallest absolute Gasteiger partial charge is 0.303 e. The Kier molecular flexibility index (Phi) is 34.5. The number of allylic oxidation sites excluding steroid dienone is 4. The highest BCUT2D eigenvalue weighted by Crippen LogP contribution is 2.19. The van der Waals surface area contributed by atoms with Crippen molar-refractivity contribution in [2.45, 2.75) is 199 Å². The Bertz CT molecular complexity index is 671. The van der Waals surface area contributed by atoms with Crippen molar-refractivity contribution in [3.05, 3.63) is 24.3 Å². The van der Waals surface area contributed by atoms with Gasteiger partial charge in [0.05, 0.1) is 0 Å². The Hall–Kier alpha value is -1.62. The lowest BCUT2D eigenvalue weighted by atomic mass is 9.95. The van der Waals surface area contributed by atoms with Crippen LogP contribution in [-0.2, 0) is 9.59 Å². The van der Waals surface area contributed by atoms with E-state index in [1.165, 1.54) is 135 Å².